The lowest BCUT2D eigenvalue weighted by Gasteiger charge is -2.33. The van der Waals surface area contributed by atoms with Crippen molar-refractivity contribution in [3.05, 3.63) is 51.9 Å². The van der Waals surface area contributed by atoms with Crippen LogP contribution in [0, 0.1) is 6.92 Å². The number of hydrogen-bond acceptors (Lipinski definition) is 7. The third-order valence-electron chi connectivity index (χ3n) is 5.22. The molecule has 2 aliphatic heterocycles. The second kappa shape index (κ2) is 8.25. The van der Waals surface area contributed by atoms with Gasteiger partial charge in [-0.3, -0.25) is 4.79 Å². The average molecular weight is 449 g/mol. The summed E-state index contributed by atoms with van der Waals surface area (Å²) in [5.41, 5.74) is -0.664. The summed E-state index contributed by atoms with van der Waals surface area (Å²) >= 11 is 0. The van der Waals surface area contributed by atoms with Gasteiger partial charge in [0.25, 0.3) is 12.0 Å². The van der Waals surface area contributed by atoms with Gasteiger partial charge in [0.05, 0.1) is 6.85 Å². The molecule has 2 aliphatic rings. The number of benzene rings is 1. The van der Waals surface area contributed by atoms with Crippen molar-refractivity contribution < 1.29 is 29.8 Å². The van der Waals surface area contributed by atoms with Gasteiger partial charge in [0, 0.05) is 38.1 Å². The van der Waals surface area contributed by atoms with Crippen molar-refractivity contribution in [2.45, 2.75) is 32.3 Å². The number of halogens is 2. The van der Waals surface area contributed by atoms with E-state index in [4.69, 9.17) is 21.1 Å². The Hall–Kier alpha value is -3.43. The number of ether oxygens (including phenoxy) is 3. The summed E-state index contributed by atoms with van der Waals surface area (Å²) < 4.78 is 82.7. The highest BCUT2D eigenvalue weighted by atomic mass is 19.3. The molecule has 1 aromatic carbocycles. The molecule has 1 saturated heterocycles. The van der Waals surface area contributed by atoms with Gasteiger partial charge in [-0.2, -0.15) is 4.52 Å². The normalized spacial score (nSPS) is 23.0. The van der Waals surface area contributed by atoms with Crippen molar-refractivity contribution in [3.8, 4) is 17.2 Å². The quantitative estimate of drug-likeness (QED) is 0.606. The lowest BCUT2D eigenvalue weighted by Crippen LogP contribution is -2.39. The third kappa shape index (κ3) is 3.92. The number of aromatic nitrogens is 3. The summed E-state index contributed by atoms with van der Waals surface area (Å²) in [6, 6.07) is 6.52. The molecular formula is C22H22F2N4O4. The van der Waals surface area contributed by atoms with Gasteiger partial charge in [0.1, 0.15) is 30.6 Å². The van der Waals surface area contributed by atoms with Crippen molar-refractivity contribution in [3.63, 3.8) is 0 Å². The Morgan fingerprint density at radius 3 is 2.69 bits per heavy atom. The van der Waals surface area contributed by atoms with E-state index in [0.29, 0.717) is 24.5 Å². The van der Waals surface area contributed by atoms with Crippen molar-refractivity contribution in [2.24, 2.45) is 0 Å². The molecule has 0 saturated carbocycles. The van der Waals surface area contributed by atoms with Crippen LogP contribution in [0.3, 0.4) is 0 Å². The molecule has 8 nitrogen and oxygen atoms in total. The van der Waals surface area contributed by atoms with Crippen LogP contribution in [0.4, 0.5) is 14.6 Å². The minimum atomic E-state index is -2.87. The number of rotatable bonds is 4. The SMILES string of the molecule is [2H]C1(Oc2ccc3c(c2)OC([2H])([2H])C([2H])([2H])O3)CCN(c2nn3c(=O)cc(C(F)F)nc3cc2C)CC1. The molecule has 168 valence electrons. The predicted molar refractivity (Wildman–Crippen MR) is 112 cm³/mol. The number of anilines is 1. The highest BCUT2D eigenvalue weighted by molar-refractivity contribution is 5.53. The van der Waals surface area contributed by atoms with E-state index in [2.05, 4.69) is 10.1 Å². The van der Waals surface area contributed by atoms with Crippen LogP contribution in [0.15, 0.2) is 35.1 Å². The Labute approximate surface area is 189 Å². The molecule has 5 rings (SSSR count). The number of piperidine rings is 1. The first-order valence-corrected chi connectivity index (χ1v) is 9.93. The summed E-state index contributed by atoms with van der Waals surface area (Å²) in [6.07, 6.45) is -3.70. The van der Waals surface area contributed by atoms with E-state index in [9.17, 15) is 13.6 Å². The van der Waals surface area contributed by atoms with Gasteiger partial charge in [0.15, 0.2) is 23.0 Å². The van der Waals surface area contributed by atoms with E-state index in [0.717, 1.165) is 10.6 Å². The Kier molecular flexibility index (Phi) is 3.97. The van der Waals surface area contributed by atoms with E-state index in [-0.39, 0.29) is 35.7 Å². The molecule has 32 heavy (non-hydrogen) atoms. The van der Waals surface area contributed by atoms with Gasteiger partial charge in [-0.15, -0.1) is 5.10 Å². The minimum absolute atomic E-state index is 0.0181. The Balaban J connectivity index is 1.32. The zero-order chi connectivity index (χ0) is 26.8. The molecule has 0 bridgehead atoms. The van der Waals surface area contributed by atoms with E-state index < -0.39 is 36.9 Å². The monoisotopic (exact) mass is 449 g/mol. The lowest BCUT2D eigenvalue weighted by atomic mass is 10.1. The van der Waals surface area contributed by atoms with Gasteiger partial charge in [0.2, 0.25) is 0 Å². The summed E-state index contributed by atoms with van der Waals surface area (Å²) in [7, 11) is 0. The molecule has 2 aromatic heterocycles. The highest BCUT2D eigenvalue weighted by Crippen LogP contribution is 2.34. The highest BCUT2D eigenvalue weighted by Gasteiger charge is 2.24. The fraction of sp³-hybridized carbons (Fsp3) is 0.409. The molecule has 0 radical (unpaired) electrons. The number of aryl methyl sites for hydroxylation is 1. The van der Waals surface area contributed by atoms with Crippen molar-refractivity contribution in [2.75, 3.05) is 31.1 Å². The molecule has 0 atom stereocenters. The van der Waals surface area contributed by atoms with E-state index in [1.807, 2.05) is 4.90 Å². The van der Waals surface area contributed by atoms with E-state index in [1.54, 1.807) is 6.92 Å². The van der Waals surface area contributed by atoms with E-state index in [1.165, 1.54) is 24.3 Å². The molecule has 1 fully saturated rings. The van der Waals surface area contributed by atoms with Crippen LogP contribution in [0.2, 0.25) is 0 Å². The van der Waals surface area contributed by atoms with Gasteiger partial charge in [-0.05, 0) is 30.7 Å². The van der Waals surface area contributed by atoms with Gasteiger partial charge in [-0.25, -0.2) is 13.8 Å². The molecule has 3 aromatic rings. The Morgan fingerprint density at radius 1 is 1.19 bits per heavy atom. The lowest BCUT2D eigenvalue weighted by molar-refractivity contribution is 0.146. The maximum Gasteiger partial charge on any atom is 0.280 e. The summed E-state index contributed by atoms with van der Waals surface area (Å²) in [4.78, 5) is 18.0. The Morgan fingerprint density at radius 2 is 1.94 bits per heavy atom. The van der Waals surface area contributed by atoms with Gasteiger partial charge >= 0.3 is 0 Å². The van der Waals surface area contributed by atoms with Crippen LogP contribution in [0.5, 0.6) is 17.2 Å². The number of alkyl halides is 2. The first kappa shape index (κ1) is 15.4. The third-order valence-corrected chi connectivity index (χ3v) is 5.22. The number of fused-ring (bicyclic) bond motifs is 2. The maximum atomic E-state index is 13.0. The number of nitrogens with zero attached hydrogens (tertiary/aromatic N) is 4. The Bertz CT molecular complexity index is 1430. The molecule has 10 heteroatoms. The molecule has 0 unspecified atom stereocenters. The van der Waals surface area contributed by atoms with Gasteiger partial charge < -0.3 is 19.1 Å². The predicted octanol–water partition coefficient (Wildman–Crippen LogP) is 3.15. The second-order valence-corrected chi connectivity index (χ2v) is 7.39. The van der Waals surface area contributed by atoms with Crippen molar-refractivity contribution in [1.29, 1.82) is 0 Å². The molecule has 0 N–H and O–H groups in total. The number of hydrogen-bond donors (Lipinski definition) is 0. The van der Waals surface area contributed by atoms with Crippen LogP contribution in [-0.4, -0.2) is 46.9 Å². The maximum absolute atomic E-state index is 13.0. The first-order chi connectivity index (χ1) is 17.3. The topological polar surface area (TPSA) is 78.2 Å². The summed E-state index contributed by atoms with van der Waals surface area (Å²) in [5, 5.41) is 4.33. The minimum Gasteiger partial charge on any atom is -0.490 e. The molecule has 0 spiro atoms. The standard InChI is InChI=1S/C22H22F2N4O4/c1-13-10-19-25-16(21(23)24)12-20(29)28(19)26-22(13)27-6-4-14(5-7-27)32-15-2-3-17-18(11-15)31-9-8-30-17/h2-3,10-12,14,21H,4-9H2,1H3/i8D2,9D2,14D. The molecule has 0 aliphatic carbocycles. The average Bonchev–Trinajstić information content (AvgIpc) is 2.80. The van der Waals surface area contributed by atoms with Crippen LogP contribution < -0.4 is 24.7 Å². The smallest absolute Gasteiger partial charge is 0.280 e. The van der Waals surface area contributed by atoms with Gasteiger partial charge in [-0.1, -0.05) is 0 Å². The summed E-state index contributed by atoms with van der Waals surface area (Å²) in [5.74, 6) is 0.684. The largest absolute Gasteiger partial charge is 0.490 e. The van der Waals surface area contributed by atoms with Crippen LogP contribution in [-0.2, 0) is 0 Å². The first-order valence-electron chi connectivity index (χ1n) is 12.4. The van der Waals surface area contributed by atoms with Crippen molar-refractivity contribution >= 4 is 11.5 Å². The fourth-order valence-electron chi connectivity index (χ4n) is 3.67. The van der Waals surface area contributed by atoms with E-state index >= 15 is 0 Å². The fourth-order valence-corrected chi connectivity index (χ4v) is 3.67. The molecular weight excluding hydrogens is 422 g/mol. The molecule has 0 amide bonds. The zero-order valence-corrected chi connectivity index (χ0v) is 17.0. The second-order valence-electron chi connectivity index (χ2n) is 7.39. The van der Waals surface area contributed by atoms with Crippen molar-refractivity contribution in [1.82, 2.24) is 14.6 Å². The van der Waals surface area contributed by atoms with Crippen LogP contribution >= 0.6 is 0 Å². The zero-order valence-electron chi connectivity index (χ0n) is 22.0. The molecule has 4 heterocycles. The van der Waals surface area contributed by atoms with Crippen LogP contribution in [0.1, 0.15) is 37.4 Å². The summed E-state index contributed by atoms with van der Waals surface area (Å²) in [6.45, 7) is -2.95. The van der Waals surface area contributed by atoms with Crippen LogP contribution in [0.25, 0.3) is 5.65 Å².